The molecule has 0 amide bonds. The number of hydrogen-bond donors (Lipinski definition) is 0. The first-order chi connectivity index (χ1) is 24.9. The SMILES string of the molecule is CN1CCN(CCN(c2cc(C(=O)OC(Cc3c(Cl)c[n+]([O-])cc3Cl)c3ccc(OC(F)F)c(OCC4CC4)c3)ccc2C(F)(F)F)S(C)(=O)=O)CC1. The topological polar surface area (TPSA) is 116 Å². The molecule has 19 heteroatoms. The van der Waals surface area contributed by atoms with Crippen LogP contribution in [0.2, 0.25) is 10.0 Å². The van der Waals surface area contributed by atoms with Crippen molar-refractivity contribution in [2.75, 3.05) is 63.5 Å². The van der Waals surface area contributed by atoms with Crippen molar-refractivity contribution in [3.05, 3.63) is 86.3 Å². The third-order valence-corrected chi connectivity index (χ3v) is 10.7. The van der Waals surface area contributed by atoms with Crippen LogP contribution < -0.4 is 18.5 Å². The van der Waals surface area contributed by atoms with Gasteiger partial charge in [0.15, 0.2) is 23.9 Å². The molecule has 1 aliphatic carbocycles. The maximum absolute atomic E-state index is 14.3. The van der Waals surface area contributed by atoms with Crippen LogP contribution in [0.3, 0.4) is 0 Å². The Kier molecular flexibility index (Phi) is 12.8. The van der Waals surface area contributed by atoms with E-state index in [1.165, 1.54) is 18.2 Å². The lowest BCUT2D eigenvalue weighted by atomic mass is 10.0. The van der Waals surface area contributed by atoms with Crippen molar-refractivity contribution >= 4 is 44.9 Å². The van der Waals surface area contributed by atoms with Gasteiger partial charge in [-0.05, 0) is 61.7 Å². The van der Waals surface area contributed by atoms with Crippen molar-refractivity contribution in [1.82, 2.24) is 9.80 Å². The molecule has 1 atom stereocenters. The van der Waals surface area contributed by atoms with Gasteiger partial charge < -0.3 is 24.3 Å². The Labute approximate surface area is 313 Å². The number of carbonyl (C=O) groups excluding carboxylic acids is 1. The molecule has 0 bridgehead atoms. The molecule has 1 aliphatic heterocycles. The molecule has 1 aromatic heterocycles. The number of rotatable bonds is 15. The van der Waals surface area contributed by atoms with E-state index in [4.69, 9.17) is 32.7 Å². The van der Waals surface area contributed by atoms with Crippen molar-refractivity contribution in [3.8, 4) is 11.5 Å². The summed E-state index contributed by atoms with van der Waals surface area (Å²) in [7, 11) is -2.37. The molecule has 0 N–H and O–H groups in total. The van der Waals surface area contributed by atoms with Gasteiger partial charge in [0, 0.05) is 51.3 Å². The van der Waals surface area contributed by atoms with Gasteiger partial charge in [-0.2, -0.15) is 26.7 Å². The van der Waals surface area contributed by atoms with E-state index in [2.05, 4.69) is 9.64 Å². The second kappa shape index (κ2) is 16.8. The summed E-state index contributed by atoms with van der Waals surface area (Å²) in [5, 5.41) is 11.7. The van der Waals surface area contributed by atoms with Crippen molar-refractivity contribution < 1.29 is 54.1 Å². The van der Waals surface area contributed by atoms with E-state index < -0.39 is 51.7 Å². The Hall–Kier alpha value is -3.64. The lowest BCUT2D eigenvalue weighted by Gasteiger charge is -2.34. The van der Waals surface area contributed by atoms with E-state index >= 15 is 0 Å². The number of nitrogens with zero attached hydrogens (tertiary/aromatic N) is 4. The summed E-state index contributed by atoms with van der Waals surface area (Å²) in [6.45, 7) is -0.611. The first-order valence-electron chi connectivity index (χ1n) is 16.5. The molecule has 2 aromatic carbocycles. The molecule has 2 fully saturated rings. The number of likely N-dealkylation sites (N-methyl/N-ethyl adjacent to an activating group) is 1. The van der Waals surface area contributed by atoms with Crippen molar-refractivity contribution in [2.45, 2.75) is 38.2 Å². The lowest BCUT2D eigenvalue weighted by molar-refractivity contribution is -0.605. The standard InChI is InChI=1S/C34H37Cl2F5N4O7S/c1-42-9-11-43(12-10-42)13-14-45(53(2,48)49)28-15-23(5-7-25(28)34(39,40)41)32(46)51-30(17-24-26(35)18-44(47)19-27(24)36)22-6-8-29(52-33(37)38)31(16-22)50-20-21-3-4-21/h5-8,15-16,18-19,21,30,33H,3-4,9-14,17,20H2,1-2H3. The molecule has 0 spiro atoms. The predicted octanol–water partition coefficient (Wildman–Crippen LogP) is 6.19. The van der Waals surface area contributed by atoms with Gasteiger partial charge in [0.05, 0.1) is 29.7 Å². The largest absolute Gasteiger partial charge is 0.619 e. The van der Waals surface area contributed by atoms with E-state index in [9.17, 15) is 40.4 Å². The van der Waals surface area contributed by atoms with E-state index in [0.717, 1.165) is 43.6 Å². The maximum atomic E-state index is 14.3. The molecule has 3 aromatic rings. The number of piperazine rings is 1. The number of anilines is 1. The number of pyridine rings is 1. The van der Waals surface area contributed by atoms with Gasteiger partial charge in [-0.1, -0.05) is 29.3 Å². The zero-order valence-electron chi connectivity index (χ0n) is 28.6. The van der Waals surface area contributed by atoms with Crippen LogP contribution in [0, 0.1) is 11.1 Å². The fourth-order valence-electron chi connectivity index (χ4n) is 5.73. The Morgan fingerprint density at radius 3 is 2.28 bits per heavy atom. The van der Waals surface area contributed by atoms with Crippen LogP contribution in [-0.2, 0) is 27.4 Å². The summed E-state index contributed by atoms with van der Waals surface area (Å²) in [5.74, 6) is -1.32. The average Bonchev–Trinajstić information content (AvgIpc) is 3.89. The minimum atomic E-state index is -4.99. The van der Waals surface area contributed by atoms with Crippen LogP contribution in [0.15, 0.2) is 48.8 Å². The Morgan fingerprint density at radius 2 is 1.70 bits per heavy atom. The quantitative estimate of drug-likeness (QED) is 0.0768. The third kappa shape index (κ3) is 11.0. The van der Waals surface area contributed by atoms with Crippen LogP contribution in [0.5, 0.6) is 11.5 Å². The van der Waals surface area contributed by atoms with Gasteiger partial charge in [0.2, 0.25) is 10.0 Å². The molecule has 290 valence electrons. The monoisotopic (exact) mass is 810 g/mol. The Bertz CT molecular complexity index is 1870. The number of alkyl halides is 5. The molecule has 1 unspecified atom stereocenters. The van der Waals surface area contributed by atoms with Crippen molar-refractivity contribution in [3.63, 3.8) is 0 Å². The minimum Gasteiger partial charge on any atom is -0.619 e. The molecule has 0 radical (unpaired) electrons. The van der Waals surface area contributed by atoms with Gasteiger partial charge >= 0.3 is 18.8 Å². The van der Waals surface area contributed by atoms with E-state index in [1.807, 2.05) is 11.9 Å². The Balaban J connectivity index is 1.51. The first kappa shape index (κ1) is 40.5. The van der Waals surface area contributed by atoms with Crippen LogP contribution in [0.25, 0.3) is 0 Å². The normalized spacial score (nSPS) is 16.4. The maximum Gasteiger partial charge on any atom is 0.418 e. The number of hydrogen-bond acceptors (Lipinski definition) is 9. The zero-order chi connectivity index (χ0) is 38.7. The van der Waals surface area contributed by atoms with Gasteiger partial charge in [-0.15, -0.1) is 0 Å². The smallest absolute Gasteiger partial charge is 0.418 e. The second-order valence-corrected chi connectivity index (χ2v) is 15.7. The number of carbonyl (C=O) groups is 1. The van der Waals surface area contributed by atoms with Crippen molar-refractivity contribution in [1.29, 1.82) is 0 Å². The second-order valence-electron chi connectivity index (χ2n) is 12.9. The number of benzene rings is 2. The van der Waals surface area contributed by atoms with E-state index in [1.54, 1.807) is 0 Å². The summed E-state index contributed by atoms with van der Waals surface area (Å²) < 4.78 is 113. The summed E-state index contributed by atoms with van der Waals surface area (Å²) in [5.41, 5.74) is -2.13. The lowest BCUT2D eigenvalue weighted by Crippen LogP contribution is -2.47. The minimum absolute atomic E-state index is 0.0839. The summed E-state index contributed by atoms with van der Waals surface area (Å²) in [6.07, 6.45) is -2.04. The van der Waals surface area contributed by atoms with Gasteiger partial charge in [-0.3, -0.25) is 9.21 Å². The predicted molar refractivity (Wildman–Crippen MR) is 186 cm³/mol. The fourth-order valence-corrected chi connectivity index (χ4v) is 7.25. The van der Waals surface area contributed by atoms with Crippen molar-refractivity contribution in [2.24, 2.45) is 5.92 Å². The average molecular weight is 812 g/mol. The highest BCUT2D eigenvalue weighted by atomic mass is 35.5. The molecule has 1 saturated heterocycles. The molecule has 1 saturated carbocycles. The van der Waals surface area contributed by atoms with Crippen LogP contribution >= 0.6 is 23.2 Å². The third-order valence-electron chi connectivity index (χ3n) is 8.85. The number of sulfonamides is 1. The molecule has 53 heavy (non-hydrogen) atoms. The highest BCUT2D eigenvalue weighted by Crippen LogP contribution is 2.40. The Morgan fingerprint density at radius 1 is 1.04 bits per heavy atom. The number of esters is 1. The summed E-state index contributed by atoms with van der Waals surface area (Å²) in [4.78, 5) is 17.8. The van der Waals surface area contributed by atoms with E-state index in [-0.39, 0.29) is 64.7 Å². The first-order valence-corrected chi connectivity index (χ1v) is 19.1. The summed E-state index contributed by atoms with van der Waals surface area (Å²) in [6, 6.07) is 6.09. The number of ether oxygens (including phenoxy) is 3. The molecule has 11 nitrogen and oxygen atoms in total. The molecule has 2 heterocycles. The highest BCUT2D eigenvalue weighted by molar-refractivity contribution is 7.92. The highest BCUT2D eigenvalue weighted by Gasteiger charge is 2.38. The van der Waals surface area contributed by atoms with Crippen LogP contribution in [0.1, 0.15) is 46.0 Å². The molecular formula is C34H37Cl2F5N4O7S. The van der Waals surface area contributed by atoms with Crippen LogP contribution in [0.4, 0.5) is 27.6 Å². The number of aromatic nitrogens is 1. The molecule has 2 aliphatic rings. The van der Waals surface area contributed by atoms with Gasteiger partial charge in [0.1, 0.15) is 16.1 Å². The number of halogens is 7. The molecular weight excluding hydrogens is 774 g/mol. The summed E-state index contributed by atoms with van der Waals surface area (Å²) >= 11 is 12.7. The van der Waals surface area contributed by atoms with Gasteiger partial charge in [-0.25, -0.2) is 13.2 Å². The van der Waals surface area contributed by atoms with Gasteiger partial charge in [0.25, 0.3) is 0 Å². The van der Waals surface area contributed by atoms with E-state index in [0.29, 0.717) is 41.3 Å². The molecule has 5 rings (SSSR count). The zero-order valence-corrected chi connectivity index (χ0v) is 31.0. The van der Waals surface area contributed by atoms with Crippen LogP contribution in [-0.4, -0.2) is 90.0 Å². The fraction of sp³-hybridized carbons (Fsp3) is 0.471.